The van der Waals surface area contributed by atoms with E-state index in [9.17, 15) is 14.0 Å². The zero-order valence-electron chi connectivity index (χ0n) is 14.4. The molecule has 26 heavy (non-hydrogen) atoms. The van der Waals surface area contributed by atoms with E-state index >= 15 is 0 Å². The number of hydrogen-bond donors (Lipinski definition) is 2. The van der Waals surface area contributed by atoms with Crippen LogP contribution in [0, 0.1) is 12.7 Å². The number of nitrogens with one attached hydrogen (secondary N) is 2. The molecule has 0 heterocycles. The summed E-state index contributed by atoms with van der Waals surface area (Å²) in [6.07, 6.45) is 0.614. The Morgan fingerprint density at radius 2 is 1.85 bits per heavy atom. The van der Waals surface area contributed by atoms with Gasteiger partial charge in [-0.1, -0.05) is 23.8 Å². The predicted octanol–water partition coefficient (Wildman–Crippen LogP) is 4.49. The van der Waals surface area contributed by atoms with E-state index in [1.807, 2.05) is 6.92 Å². The molecular formula is C20H20ClFN2O2. The number of carbonyl (C=O) groups excluding carboxylic acids is 2. The molecule has 2 amide bonds. The van der Waals surface area contributed by atoms with Gasteiger partial charge < -0.3 is 10.6 Å². The largest absolute Gasteiger partial charge is 0.352 e. The first-order chi connectivity index (χ1) is 12.3. The van der Waals surface area contributed by atoms with Crippen LogP contribution in [0.15, 0.2) is 54.6 Å². The van der Waals surface area contributed by atoms with Crippen LogP contribution in [0.3, 0.4) is 0 Å². The number of aryl methyl sites for hydroxylation is 1. The van der Waals surface area contributed by atoms with Crippen LogP contribution < -0.4 is 10.6 Å². The highest BCUT2D eigenvalue weighted by Crippen LogP contribution is 2.16. The minimum atomic E-state index is -0.362. The lowest BCUT2D eigenvalue weighted by atomic mass is 10.1. The Labute approximate surface area is 157 Å². The molecule has 0 aromatic heterocycles. The maximum Gasteiger partial charge on any atom is 0.251 e. The van der Waals surface area contributed by atoms with E-state index < -0.39 is 0 Å². The minimum Gasteiger partial charge on any atom is -0.352 e. The van der Waals surface area contributed by atoms with Gasteiger partial charge in [0.2, 0.25) is 5.91 Å². The minimum absolute atomic E-state index is 0.132. The molecule has 0 fully saturated rings. The second-order valence-electron chi connectivity index (χ2n) is 5.95. The number of amides is 2. The molecule has 6 heteroatoms. The van der Waals surface area contributed by atoms with E-state index in [0.717, 1.165) is 5.56 Å². The maximum atomic E-state index is 12.8. The zero-order chi connectivity index (χ0) is 19.1. The third kappa shape index (κ3) is 6.01. The molecule has 2 N–H and O–H groups in total. The van der Waals surface area contributed by atoms with Crippen molar-refractivity contribution in [2.45, 2.75) is 19.8 Å². The number of carbonyl (C=O) groups is 2. The van der Waals surface area contributed by atoms with Crippen LogP contribution in [0.25, 0.3) is 0 Å². The zero-order valence-corrected chi connectivity index (χ0v) is 15.2. The molecule has 0 saturated heterocycles. The third-order valence-electron chi connectivity index (χ3n) is 3.72. The Morgan fingerprint density at radius 3 is 2.50 bits per heavy atom. The first-order valence-corrected chi connectivity index (χ1v) is 8.49. The Morgan fingerprint density at radius 1 is 1.15 bits per heavy atom. The van der Waals surface area contributed by atoms with E-state index in [-0.39, 0.29) is 24.1 Å². The van der Waals surface area contributed by atoms with E-state index in [2.05, 4.69) is 17.2 Å². The van der Waals surface area contributed by atoms with E-state index in [0.29, 0.717) is 34.8 Å². The standard InChI is InChI=1S/C20H20ClFN2O2/c1-13(11-19(25)24-17-6-4-16(22)5-7-17)9-10-23-20(26)15-3-8-18(21)14(2)12-15/h3-8,12H,1,9-11H2,2H3,(H,23,26)(H,24,25). The highest BCUT2D eigenvalue weighted by molar-refractivity contribution is 6.31. The van der Waals surface area contributed by atoms with Gasteiger partial charge in [0.05, 0.1) is 0 Å². The summed E-state index contributed by atoms with van der Waals surface area (Å²) in [6.45, 7) is 6.07. The lowest BCUT2D eigenvalue weighted by Crippen LogP contribution is -2.25. The van der Waals surface area contributed by atoms with Gasteiger partial charge >= 0.3 is 0 Å². The molecule has 4 nitrogen and oxygen atoms in total. The molecule has 2 rings (SSSR count). The van der Waals surface area contributed by atoms with Crippen molar-refractivity contribution in [3.05, 3.63) is 76.6 Å². The molecule has 0 aliphatic heterocycles. The summed E-state index contributed by atoms with van der Waals surface area (Å²) in [5.41, 5.74) is 2.58. The SMILES string of the molecule is C=C(CCNC(=O)c1ccc(Cl)c(C)c1)CC(=O)Nc1ccc(F)cc1. The molecular weight excluding hydrogens is 355 g/mol. The van der Waals surface area contributed by atoms with Gasteiger partial charge in [-0.2, -0.15) is 0 Å². The fourth-order valence-electron chi connectivity index (χ4n) is 2.29. The van der Waals surface area contributed by atoms with E-state index in [1.165, 1.54) is 24.3 Å². The molecule has 2 aromatic carbocycles. The van der Waals surface area contributed by atoms with Gasteiger partial charge in [0.25, 0.3) is 5.91 Å². The number of anilines is 1. The van der Waals surface area contributed by atoms with Gasteiger partial charge in [0, 0.05) is 29.2 Å². The summed E-state index contributed by atoms with van der Waals surface area (Å²) in [4.78, 5) is 24.0. The molecule has 2 aromatic rings. The van der Waals surface area contributed by atoms with Crippen molar-refractivity contribution in [2.75, 3.05) is 11.9 Å². The van der Waals surface area contributed by atoms with Crippen molar-refractivity contribution in [1.29, 1.82) is 0 Å². The van der Waals surface area contributed by atoms with Crippen LogP contribution in [-0.2, 0) is 4.79 Å². The molecule has 0 radical (unpaired) electrons. The molecule has 0 bridgehead atoms. The summed E-state index contributed by atoms with van der Waals surface area (Å²) in [7, 11) is 0. The summed E-state index contributed by atoms with van der Waals surface area (Å²) in [5.74, 6) is -0.798. The molecule has 0 saturated carbocycles. The van der Waals surface area contributed by atoms with Crippen LogP contribution in [-0.4, -0.2) is 18.4 Å². The smallest absolute Gasteiger partial charge is 0.251 e. The first-order valence-electron chi connectivity index (χ1n) is 8.11. The number of halogens is 2. The number of benzene rings is 2. The van der Waals surface area contributed by atoms with Gasteiger partial charge in [-0.15, -0.1) is 0 Å². The van der Waals surface area contributed by atoms with Crippen LogP contribution >= 0.6 is 11.6 Å². The summed E-state index contributed by atoms with van der Waals surface area (Å²) < 4.78 is 12.8. The highest BCUT2D eigenvalue weighted by Gasteiger charge is 2.09. The van der Waals surface area contributed by atoms with E-state index in [1.54, 1.807) is 18.2 Å². The van der Waals surface area contributed by atoms with Gasteiger partial charge in [-0.05, 0) is 61.4 Å². The first kappa shape index (κ1) is 19.7. The van der Waals surface area contributed by atoms with Crippen molar-refractivity contribution in [2.24, 2.45) is 0 Å². The van der Waals surface area contributed by atoms with E-state index in [4.69, 9.17) is 11.6 Å². The molecule has 136 valence electrons. The average Bonchev–Trinajstić information content (AvgIpc) is 2.59. The summed E-state index contributed by atoms with van der Waals surface area (Å²) in [6, 6.07) is 10.6. The monoisotopic (exact) mass is 374 g/mol. The maximum absolute atomic E-state index is 12.8. The Balaban J connectivity index is 1.74. The number of hydrogen-bond acceptors (Lipinski definition) is 2. The fourth-order valence-corrected chi connectivity index (χ4v) is 2.41. The topological polar surface area (TPSA) is 58.2 Å². The van der Waals surface area contributed by atoms with Gasteiger partial charge in [-0.3, -0.25) is 9.59 Å². The molecule has 0 unspecified atom stereocenters. The normalized spacial score (nSPS) is 10.3. The van der Waals surface area contributed by atoms with Crippen LogP contribution in [0.2, 0.25) is 5.02 Å². The van der Waals surface area contributed by atoms with Crippen molar-refractivity contribution in [1.82, 2.24) is 5.32 Å². The van der Waals surface area contributed by atoms with Crippen molar-refractivity contribution in [3.63, 3.8) is 0 Å². The molecule has 0 atom stereocenters. The lowest BCUT2D eigenvalue weighted by Gasteiger charge is -2.09. The quantitative estimate of drug-likeness (QED) is 0.701. The fraction of sp³-hybridized carbons (Fsp3) is 0.200. The van der Waals surface area contributed by atoms with Gasteiger partial charge in [0.1, 0.15) is 5.82 Å². The number of rotatable bonds is 7. The van der Waals surface area contributed by atoms with Crippen LogP contribution in [0.1, 0.15) is 28.8 Å². The van der Waals surface area contributed by atoms with Gasteiger partial charge in [-0.25, -0.2) is 4.39 Å². The second-order valence-corrected chi connectivity index (χ2v) is 6.36. The van der Waals surface area contributed by atoms with Crippen LogP contribution in [0.5, 0.6) is 0 Å². The lowest BCUT2D eigenvalue weighted by molar-refractivity contribution is -0.115. The summed E-state index contributed by atoms with van der Waals surface area (Å²) >= 11 is 5.95. The molecule has 0 aliphatic rings. The Hall–Kier alpha value is -2.66. The summed E-state index contributed by atoms with van der Waals surface area (Å²) in [5, 5.41) is 6.07. The Kier molecular flexibility index (Phi) is 6.92. The van der Waals surface area contributed by atoms with Crippen LogP contribution in [0.4, 0.5) is 10.1 Å². The Bertz CT molecular complexity index is 819. The second kappa shape index (κ2) is 9.15. The highest BCUT2D eigenvalue weighted by atomic mass is 35.5. The average molecular weight is 375 g/mol. The van der Waals surface area contributed by atoms with Crippen molar-refractivity contribution in [3.8, 4) is 0 Å². The molecule has 0 aliphatic carbocycles. The predicted molar refractivity (Wildman–Crippen MR) is 102 cm³/mol. The van der Waals surface area contributed by atoms with Crippen molar-refractivity contribution < 1.29 is 14.0 Å². The van der Waals surface area contributed by atoms with Crippen molar-refractivity contribution >= 4 is 29.1 Å². The third-order valence-corrected chi connectivity index (χ3v) is 4.15. The molecule has 0 spiro atoms. The van der Waals surface area contributed by atoms with Gasteiger partial charge in [0.15, 0.2) is 0 Å².